The summed E-state index contributed by atoms with van der Waals surface area (Å²) in [5, 5.41) is 9.59. The molecule has 2 aliphatic heterocycles. The number of unbranched alkanes of at least 4 members (excludes halogenated alkanes) is 3. The molecule has 66 heavy (non-hydrogen) atoms. The van der Waals surface area contributed by atoms with Crippen molar-refractivity contribution in [2.45, 2.75) is 92.0 Å². The van der Waals surface area contributed by atoms with Crippen molar-refractivity contribution in [1.29, 1.82) is 0 Å². The average molecular weight is 930 g/mol. The number of hydrogen-bond acceptors (Lipinski definition) is 10. The Kier molecular flexibility index (Phi) is 19.1. The Labute approximate surface area is 388 Å². The van der Waals surface area contributed by atoms with Gasteiger partial charge in [0.05, 0.1) is 21.9 Å². The van der Waals surface area contributed by atoms with Gasteiger partial charge in [-0.15, -0.1) is 0 Å². The van der Waals surface area contributed by atoms with Crippen molar-refractivity contribution in [3.8, 4) is 22.5 Å². The van der Waals surface area contributed by atoms with E-state index in [1.165, 1.54) is 0 Å². The van der Waals surface area contributed by atoms with Crippen molar-refractivity contribution >= 4 is 56.3 Å². The molecule has 1 fully saturated rings. The quantitative estimate of drug-likeness (QED) is 0.0410. The molecular formula is C49H67N7O9S. The van der Waals surface area contributed by atoms with Gasteiger partial charge in [-0.25, -0.2) is 13.0 Å². The number of piperazine rings is 1. The van der Waals surface area contributed by atoms with Gasteiger partial charge in [-0.1, -0.05) is 24.6 Å². The van der Waals surface area contributed by atoms with Crippen LogP contribution in [0.2, 0.25) is 0 Å². The number of fused-ring (bicyclic) bond motifs is 2. The van der Waals surface area contributed by atoms with Crippen LogP contribution in [-0.2, 0) is 29.3 Å². The molecule has 0 radical (unpaired) electrons. The Morgan fingerprint density at radius 1 is 0.758 bits per heavy atom. The van der Waals surface area contributed by atoms with Gasteiger partial charge in [-0.05, 0) is 90.1 Å². The van der Waals surface area contributed by atoms with Gasteiger partial charge in [0.15, 0.2) is 0 Å². The summed E-state index contributed by atoms with van der Waals surface area (Å²) < 4.78 is 43.5. The Balaban J connectivity index is 1.19. The number of rotatable bonds is 23. The second-order valence-corrected chi connectivity index (χ2v) is 18.0. The van der Waals surface area contributed by atoms with Crippen molar-refractivity contribution in [1.82, 2.24) is 30.3 Å². The summed E-state index contributed by atoms with van der Waals surface area (Å²) in [5.74, 6) is -2.05. The summed E-state index contributed by atoms with van der Waals surface area (Å²) in [4.78, 5) is 70.5. The molecule has 1 unspecified atom stereocenters. The predicted octanol–water partition coefficient (Wildman–Crippen LogP) is 4.55. The standard InChI is InChI=1S/C49H67N7O9S/c1-6-50-44(57)20-12-11-17-27-51-48(60)41(34-66(62,63)64)52-45(58)21-15-16-22-46(59)55-28-30-56(31-29-55)49(61)38-19-14-13-18-37(38)47-39-25-23-35(53(7-2)8-3)32-42(39)65-43-33-36(24-26-40(43)47)54(9-4)10-5/h13-14,18-19,23-26,32-33,41H,6-12,15-17,20-22,27-31,34H2,1-5H3,(H3-,50,51,52,57,58,60,62,63,64). The zero-order chi connectivity index (χ0) is 47.8. The molecule has 2 aromatic carbocycles. The lowest BCUT2D eigenvalue weighted by molar-refractivity contribution is -0.133. The smallest absolute Gasteiger partial charge is 0.254 e. The minimum absolute atomic E-state index is 0.0576. The molecular weight excluding hydrogens is 863 g/mol. The number of carbonyl (C=O) groups excluding carboxylic acids is 5. The molecule has 358 valence electrons. The first-order chi connectivity index (χ1) is 31.7. The van der Waals surface area contributed by atoms with Gasteiger partial charge in [0.1, 0.15) is 30.5 Å². The van der Waals surface area contributed by atoms with Crippen LogP contribution in [0.25, 0.3) is 33.4 Å². The van der Waals surface area contributed by atoms with Gasteiger partial charge in [0.25, 0.3) is 5.91 Å². The Hall–Kier alpha value is -5.81. The minimum atomic E-state index is -4.84. The van der Waals surface area contributed by atoms with E-state index in [0.717, 1.165) is 70.6 Å². The van der Waals surface area contributed by atoms with Crippen molar-refractivity contribution in [3.05, 3.63) is 71.6 Å². The molecule has 1 atom stereocenters. The molecule has 17 heteroatoms. The topological polar surface area (TPSA) is 205 Å². The van der Waals surface area contributed by atoms with E-state index in [-0.39, 0.29) is 37.1 Å². The maximum atomic E-state index is 14.4. The number of amides is 5. The van der Waals surface area contributed by atoms with E-state index in [0.29, 0.717) is 76.8 Å². The first kappa shape index (κ1) is 51.2. The predicted molar refractivity (Wildman–Crippen MR) is 256 cm³/mol. The van der Waals surface area contributed by atoms with E-state index in [2.05, 4.69) is 89.5 Å². The first-order valence-corrected chi connectivity index (χ1v) is 25.1. The molecule has 2 heterocycles. The van der Waals surface area contributed by atoms with Crippen molar-refractivity contribution in [2.75, 3.05) is 76.1 Å². The van der Waals surface area contributed by atoms with E-state index in [4.69, 9.17) is 4.42 Å². The molecule has 5 rings (SSSR count). The highest BCUT2D eigenvalue weighted by Crippen LogP contribution is 2.42. The van der Waals surface area contributed by atoms with Gasteiger partial charge >= 0.3 is 0 Å². The summed E-state index contributed by atoms with van der Waals surface area (Å²) in [7, 11) is -4.84. The summed E-state index contributed by atoms with van der Waals surface area (Å²) in [5.41, 5.74) is 4.95. The zero-order valence-corrected chi connectivity index (χ0v) is 40.0. The molecule has 1 saturated heterocycles. The number of carbonyl (C=O) groups is 5. The molecule has 0 bridgehead atoms. The number of nitrogens with one attached hydrogen (secondary N) is 3. The lowest BCUT2D eigenvalue weighted by Crippen LogP contribution is -2.50. The molecule has 0 aromatic heterocycles. The Morgan fingerprint density at radius 2 is 1.42 bits per heavy atom. The molecule has 5 amide bonds. The Bertz CT molecular complexity index is 2470. The monoisotopic (exact) mass is 929 g/mol. The second-order valence-electron chi connectivity index (χ2n) is 16.5. The van der Waals surface area contributed by atoms with Gasteiger partial charge in [-0.3, -0.25) is 24.0 Å². The normalized spacial score (nSPS) is 13.4. The molecule has 0 spiro atoms. The number of hydrogen-bond donors (Lipinski definition) is 3. The minimum Gasteiger partial charge on any atom is -0.748 e. The molecule has 3 N–H and O–H groups in total. The van der Waals surface area contributed by atoms with E-state index >= 15 is 0 Å². The van der Waals surface area contributed by atoms with Gasteiger partial charge in [-0.2, -0.15) is 0 Å². The van der Waals surface area contributed by atoms with Crippen LogP contribution in [0, 0.1) is 0 Å². The number of anilines is 1. The highest BCUT2D eigenvalue weighted by molar-refractivity contribution is 7.85. The summed E-state index contributed by atoms with van der Waals surface area (Å²) in [6.07, 6.45) is 2.89. The fourth-order valence-electron chi connectivity index (χ4n) is 8.53. The van der Waals surface area contributed by atoms with E-state index in [9.17, 15) is 36.9 Å². The summed E-state index contributed by atoms with van der Waals surface area (Å²) >= 11 is 0. The van der Waals surface area contributed by atoms with Crippen molar-refractivity contribution in [3.63, 3.8) is 0 Å². The third kappa shape index (κ3) is 13.9. The van der Waals surface area contributed by atoms with Crippen LogP contribution in [0.1, 0.15) is 96.3 Å². The van der Waals surface area contributed by atoms with Crippen LogP contribution >= 0.6 is 0 Å². The Morgan fingerprint density at radius 3 is 2.11 bits per heavy atom. The van der Waals surface area contributed by atoms with Crippen LogP contribution in [0.3, 0.4) is 0 Å². The van der Waals surface area contributed by atoms with Gasteiger partial charge in [0.2, 0.25) is 29.0 Å². The van der Waals surface area contributed by atoms with Crippen LogP contribution in [-0.4, -0.2) is 130 Å². The highest BCUT2D eigenvalue weighted by atomic mass is 32.2. The lowest BCUT2D eigenvalue weighted by atomic mass is 9.90. The molecule has 1 aliphatic carbocycles. The van der Waals surface area contributed by atoms with E-state index in [1.807, 2.05) is 31.2 Å². The van der Waals surface area contributed by atoms with Crippen LogP contribution in [0.4, 0.5) is 5.69 Å². The van der Waals surface area contributed by atoms with Crippen molar-refractivity contribution < 1.29 is 41.4 Å². The van der Waals surface area contributed by atoms with E-state index < -0.39 is 33.7 Å². The van der Waals surface area contributed by atoms with Crippen LogP contribution < -0.4 is 30.8 Å². The third-order valence-corrected chi connectivity index (χ3v) is 12.9. The summed E-state index contributed by atoms with van der Waals surface area (Å²) in [6.45, 7) is 15.8. The maximum Gasteiger partial charge on any atom is 0.254 e. The van der Waals surface area contributed by atoms with Gasteiger partial charge < -0.3 is 39.6 Å². The fourth-order valence-corrected chi connectivity index (χ4v) is 9.17. The number of benzene rings is 3. The number of nitrogens with zero attached hydrogens (tertiary/aromatic N) is 4. The fraction of sp³-hybridized carbons (Fsp3) is 0.510. The molecule has 16 nitrogen and oxygen atoms in total. The zero-order valence-electron chi connectivity index (χ0n) is 39.2. The van der Waals surface area contributed by atoms with Crippen LogP contribution in [0.5, 0.6) is 0 Å². The van der Waals surface area contributed by atoms with E-state index in [1.54, 1.807) is 9.80 Å². The van der Waals surface area contributed by atoms with Gasteiger partial charge in [0, 0.05) is 112 Å². The van der Waals surface area contributed by atoms with Crippen LogP contribution in [0.15, 0.2) is 65.1 Å². The maximum absolute atomic E-state index is 14.4. The average Bonchev–Trinajstić information content (AvgIpc) is 3.30. The SMILES string of the molecule is CCNC(=O)CCCCCNC(=O)C(CS(=O)(=O)[O-])NC(=O)CCCCC(=O)N1CCN(C(=O)c2ccccc2-c2c3ccc(=[N+](CC)CC)cc-3oc3cc(N(CC)CC)ccc23)CC1. The largest absolute Gasteiger partial charge is 0.748 e. The van der Waals surface area contributed by atoms with Crippen molar-refractivity contribution in [2.24, 2.45) is 0 Å². The highest BCUT2D eigenvalue weighted by Gasteiger charge is 2.29. The second kappa shape index (κ2) is 24.6. The first-order valence-electron chi connectivity index (χ1n) is 23.5. The lowest BCUT2D eigenvalue weighted by Gasteiger charge is -2.35. The third-order valence-electron chi connectivity index (χ3n) is 12.1. The molecule has 2 aromatic rings. The molecule has 0 saturated carbocycles. The molecule has 3 aliphatic rings. The summed E-state index contributed by atoms with van der Waals surface area (Å²) in [6, 6.07) is 18.6.